The van der Waals surface area contributed by atoms with Crippen LogP contribution in [0.15, 0.2) is 42.6 Å². The number of carbonyl (C=O) groups excluding carboxylic acids is 2. The number of rotatable bonds is 4. The van der Waals surface area contributed by atoms with E-state index in [0.717, 1.165) is 23.5 Å². The average Bonchev–Trinajstić information content (AvgIpc) is 3.05. The minimum absolute atomic E-state index is 0.212. The van der Waals surface area contributed by atoms with Crippen molar-refractivity contribution >= 4 is 23.4 Å². The molecule has 0 unspecified atom stereocenters. The summed E-state index contributed by atoms with van der Waals surface area (Å²) in [6.45, 7) is 2.21. The number of para-hydroxylation sites is 1. The average molecular weight is 339 g/mol. The van der Waals surface area contributed by atoms with E-state index in [1.165, 1.54) is 6.20 Å². The highest BCUT2D eigenvalue weighted by Crippen LogP contribution is 2.28. The van der Waals surface area contributed by atoms with Crippen LogP contribution in [0, 0.1) is 0 Å². The Morgan fingerprint density at radius 3 is 2.64 bits per heavy atom. The van der Waals surface area contributed by atoms with Gasteiger partial charge in [0.05, 0.1) is 5.56 Å². The molecule has 0 spiro atoms. The molecule has 130 valence electrons. The Hall–Kier alpha value is -2.89. The van der Waals surface area contributed by atoms with Crippen molar-refractivity contribution in [3.8, 4) is 0 Å². The van der Waals surface area contributed by atoms with Gasteiger partial charge in [-0.1, -0.05) is 18.2 Å². The first kappa shape index (κ1) is 17.0. The van der Waals surface area contributed by atoms with E-state index in [9.17, 15) is 9.59 Å². The van der Waals surface area contributed by atoms with Crippen LogP contribution in [0.3, 0.4) is 0 Å². The number of pyridine rings is 1. The third-order valence-electron chi connectivity index (χ3n) is 4.23. The van der Waals surface area contributed by atoms with Gasteiger partial charge in [0.2, 0.25) is 0 Å². The van der Waals surface area contributed by atoms with Gasteiger partial charge in [-0.15, -0.1) is 0 Å². The van der Waals surface area contributed by atoms with Crippen LogP contribution >= 0.6 is 0 Å². The van der Waals surface area contributed by atoms with E-state index in [-0.39, 0.29) is 5.91 Å². The summed E-state index contributed by atoms with van der Waals surface area (Å²) in [6.07, 6.45) is 1.42. The number of fused-ring (bicyclic) bond motifs is 1. The Morgan fingerprint density at radius 2 is 1.96 bits per heavy atom. The van der Waals surface area contributed by atoms with Crippen molar-refractivity contribution in [2.24, 2.45) is 0 Å². The Labute approximate surface area is 147 Å². The summed E-state index contributed by atoms with van der Waals surface area (Å²) >= 11 is 0. The molecule has 2 aromatic rings. The highest BCUT2D eigenvalue weighted by Gasteiger charge is 2.29. The fourth-order valence-corrected chi connectivity index (χ4v) is 2.84. The predicted octanol–water partition coefficient (Wildman–Crippen LogP) is 2.28. The molecule has 3 rings (SSSR count). The molecule has 1 aliphatic heterocycles. The van der Waals surface area contributed by atoms with E-state index in [0.29, 0.717) is 12.1 Å². The van der Waals surface area contributed by atoms with Crippen LogP contribution in [-0.2, 0) is 16.0 Å². The summed E-state index contributed by atoms with van der Waals surface area (Å²) in [7, 11) is 3.74. The third kappa shape index (κ3) is 3.47. The van der Waals surface area contributed by atoms with Crippen LogP contribution in [0.25, 0.3) is 0 Å². The number of benzene rings is 1. The van der Waals surface area contributed by atoms with Crippen LogP contribution in [0.1, 0.15) is 22.8 Å². The second-order valence-electron chi connectivity index (χ2n) is 6.22. The molecule has 6 nitrogen and oxygen atoms in total. The van der Waals surface area contributed by atoms with Gasteiger partial charge in [-0.3, -0.25) is 4.79 Å². The van der Waals surface area contributed by atoms with Gasteiger partial charge in [0, 0.05) is 32.5 Å². The Morgan fingerprint density at radius 1 is 1.20 bits per heavy atom. The van der Waals surface area contributed by atoms with Crippen molar-refractivity contribution in [1.29, 1.82) is 0 Å². The van der Waals surface area contributed by atoms with Crippen LogP contribution in [-0.4, -0.2) is 43.6 Å². The molecular weight excluding hydrogens is 318 g/mol. The SMILES string of the molecule is C[C@@H](OC(=O)c1ccc(N(C)C)nc1)C(=O)N1CCc2ccccc21. The second kappa shape index (κ2) is 6.93. The van der Waals surface area contributed by atoms with E-state index in [2.05, 4.69) is 4.98 Å². The fraction of sp³-hybridized carbons (Fsp3) is 0.316. The van der Waals surface area contributed by atoms with Crippen molar-refractivity contribution in [3.63, 3.8) is 0 Å². The first-order valence-corrected chi connectivity index (χ1v) is 8.21. The largest absolute Gasteiger partial charge is 0.449 e. The zero-order valence-electron chi connectivity index (χ0n) is 14.6. The molecule has 0 saturated heterocycles. The van der Waals surface area contributed by atoms with Gasteiger partial charge in [0.25, 0.3) is 5.91 Å². The molecule has 0 N–H and O–H groups in total. The summed E-state index contributed by atoms with van der Waals surface area (Å²) < 4.78 is 5.34. The molecule has 0 radical (unpaired) electrons. The van der Waals surface area contributed by atoms with Gasteiger partial charge >= 0.3 is 5.97 Å². The lowest BCUT2D eigenvalue weighted by atomic mass is 10.2. The maximum atomic E-state index is 12.6. The van der Waals surface area contributed by atoms with E-state index in [1.807, 2.05) is 43.3 Å². The zero-order chi connectivity index (χ0) is 18.0. The summed E-state index contributed by atoms with van der Waals surface area (Å²) in [5, 5.41) is 0. The minimum Gasteiger partial charge on any atom is -0.449 e. The lowest BCUT2D eigenvalue weighted by Gasteiger charge is -2.21. The molecule has 1 atom stereocenters. The normalized spacial score (nSPS) is 14.0. The highest BCUT2D eigenvalue weighted by molar-refractivity contribution is 6.00. The molecule has 1 aromatic heterocycles. The quantitative estimate of drug-likeness (QED) is 0.800. The molecule has 0 fully saturated rings. The second-order valence-corrected chi connectivity index (χ2v) is 6.22. The number of anilines is 2. The third-order valence-corrected chi connectivity index (χ3v) is 4.23. The van der Waals surface area contributed by atoms with E-state index >= 15 is 0 Å². The van der Waals surface area contributed by atoms with Gasteiger partial charge in [0.1, 0.15) is 5.82 Å². The van der Waals surface area contributed by atoms with Crippen LogP contribution in [0.5, 0.6) is 0 Å². The Kier molecular flexibility index (Phi) is 4.70. The van der Waals surface area contributed by atoms with Crippen LogP contribution in [0.4, 0.5) is 11.5 Å². The number of carbonyl (C=O) groups is 2. The summed E-state index contributed by atoms with van der Waals surface area (Å²) in [5.41, 5.74) is 2.36. The molecule has 1 aliphatic rings. The van der Waals surface area contributed by atoms with Gasteiger partial charge < -0.3 is 14.5 Å². The first-order chi connectivity index (χ1) is 12.0. The molecular formula is C19H21N3O3. The fourth-order valence-electron chi connectivity index (χ4n) is 2.84. The number of nitrogens with zero attached hydrogens (tertiary/aromatic N) is 3. The van der Waals surface area contributed by atoms with Crippen LogP contribution in [0.2, 0.25) is 0 Å². The molecule has 1 amide bonds. The van der Waals surface area contributed by atoms with Gasteiger partial charge in [-0.05, 0) is 37.1 Å². The molecule has 0 aliphatic carbocycles. The Balaban J connectivity index is 1.66. The number of hydrogen-bond donors (Lipinski definition) is 0. The monoisotopic (exact) mass is 339 g/mol. The minimum atomic E-state index is -0.854. The molecule has 0 saturated carbocycles. The number of amides is 1. The highest BCUT2D eigenvalue weighted by atomic mass is 16.5. The smallest absolute Gasteiger partial charge is 0.340 e. The lowest BCUT2D eigenvalue weighted by molar-refractivity contribution is -0.126. The van der Waals surface area contributed by atoms with Crippen molar-refractivity contribution in [1.82, 2.24) is 4.98 Å². The number of aromatic nitrogens is 1. The van der Waals surface area contributed by atoms with E-state index in [4.69, 9.17) is 4.74 Å². The lowest BCUT2D eigenvalue weighted by Crippen LogP contribution is -2.39. The molecule has 25 heavy (non-hydrogen) atoms. The number of ether oxygens (including phenoxy) is 1. The van der Waals surface area contributed by atoms with Crippen molar-refractivity contribution in [2.45, 2.75) is 19.4 Å². The number of hydrogen-bond acceptors (Lipinski definition) is 5. The summed E-state index contributed by atoms with van der Waals surface area (Å²) in [4.78, 5) is 32.6. The summed E-state index contributed by atoms with van der Waals surface area (Å²) in [5.74, 6) is -0.0170. The maximum absolute atomic E-state index is 12.6. The van der Waals surface area contributed by atoms with E-state index in [1.54, 1.807) is 24.0 Å². The van der Waals surface area contributed by atoms with Gasteiger partial charge in [-0.2, -0.15) is 0 Å². The van der Waals surface area contributed by atoms with Crippen LogP contribution < -0.4 is 9.80 Å². The first-order valence-electron chi connectivity index (χ1n) is 8.21. The Bertz CT molecular complexity index is 787. The van der Waals surface area contributed by atoms with Gasteiger partial charge in [-0.25, -0.2) is 9.78 Å². The topological polar surface area (TPSA) is 62.7 Å². The van der Waals surface area contributed by atoms with Gasteiger partial charge in [0.15, 0.2) is 6.10 Å². The standard InChI is InChI=1S/C19H21N3O3/c1-13(18(23)22-11-10-14-6-4-5-7-16(14)22)25-19(24)15-8-9-17(20-12-15)21(2)3/h4-9,12-13H,10-11H2,1-3H3/t13-/m1/s1. The zero-order valence-corrected chi connectivity index (χ0v) is 14.6. The molecule has 1 aromatic carbocycles. The predicted molar refractivity (Wildman–Crippen MR) is 95.9 cm³/mol. The molecule has 2 heterocycles. The van der Waals surface area contributed by atoms with Crippen molar-refractivity contribution in [3.05, 3.63) is 53.7 Å². The van der Waals surface area contributed by atoms with E-state index < -0.39 is 12.1 Å². The molecule has 6 heteroatoms. The summed E-state index contributed by atoms with van der Waals surface area (Å²) in [6, 6.07) is 11.2. The molecule has 0 bridgehead atoms. The maximum Gasteiger partial charge on any atom is 0.340 e. The van der Waals surface area contributed by atoms with Crippen molar-refractivity contribution < 1.29 is 14.3 Å². The van der Waals surface area contributed by atoms with Crippen molar-refractivity contribution in [2.75, 3.05) is 30.4 Å². The number of esters is 1.